The van der Waals surface area contributed by atoms with Gasteiger partial charge in [-0.15, -0.1) is 0 Å². The monoisotopic (exact) mass is 261 g/mol. The molecule has 5 nitrogen and oxygen atoms in total. The minimum absolute atomic E-state index is 0.100. The molecule has 0 spiro atoms. The summed E-state index contributed by atoms with van der Waals surface area (Å²) >= 11 is 0. The summed E-state index contributed by atoms with van der Waals surface area (Å²) < 4.78 is 0. The second kappa shape index (κ2) is 6.64. The Balaban J connectivity index is 3.11. The highest BCUT2D eigenvalue weighted by molar-refractivity contribution is 5.97. The zero-order chi connectivity index (χ0) is 14.4. The molecule has 19 heavy (non-hydrogen) atoms. The maximum atomic E-state index is 11.1. The molecule has 0 bridgehead atoms. The second-order valence-corrected chi connectivity index (χ2v) is 4.79. The minimum Gasteiger partial charge on any atom is -0.478 e. The molecule has 3 N–H and O–H groups in total. The van der Waals surface area contributed by atoms with Crippen LogP contribution in [0.3, 0.4) is 0 Å². The molecule has 0 saturated carbocycles. The van der Waals surface area contributed by atoms with Gasteiger partial charge in [-0.05, 0) is 18.1 Å². The van der Waals surface area contributed by atoms with Gasteiger partial charge in [-0.1, -0.05) is 19.9 Å². The zero-order valence-corrected chi connectivity index (χ0v) is 11.3. The molecule has 102 valence electrons. The number of nitriles is 1. The highest BCUT2D eigenvalue weighted by Crippen LogP contribution is 2.27. The summed E-state index contributed by atoms with van der Waals surface area (Å²) in [5.41, 5.74) is 6.97. The summed E-state index contributed by atoms with van der Waals surface area (Å²) in [7, 11) is 0. The van der Waals surface area contributed by atoms with Crippen LogP contribution in [0.1, 0.15) is 30.6 Å². The number of nitrogens with two attached hydrogens (primary N) is 1. The maximum Gasteiger partial charge on any atom is 0.337 e. The highest BCUT2D eigenvalue weighted by atomic mass is 16.4. The van der Waals surface area contributed by atoms with Gasteiger partial charge in [0.05, 0.1) is 29.4 Å². The van der Waals surface area contributed by atoms with Crippen LogP contribution in [0.2, 0.25) is 0 Å². The second-order valence-electron chi connectivity index (χ2n) is 4.79. The van der Waals surface area contributed by atoms with Crippen LogP contribution in [-0.4, -0.2) is 24.2 Å². The molecule has 5 heteroatoms. The Morgan fingerprint density at radius 1 is 1.53 bits per heavy atom. The van der Waals surface area contributed by atoms with Crippen molar-refractivity contribution in [1.82, 2.24) is 0 Å². The fourth-order valence-corrected chi connectivity index (χ4v) is 1.95. The first kappa shape index (κ1) is 14.8. The molecular weight excluding hydrogens is 242 g/mol. The van der Waals surface area contributed by atoms with Gasteiger partial charge in [-0.3, -0.25) is 0 Å². The molecule has 1 aromatic rings. The van der Waals surface area contributed by atoms with Gasteiger partial charge in [-0.2, -0.15) is 5.26 Å². The summed E-state index contributed by atoms with van der Waals surface area (Å²) in [6.07, 6.45) is 0.378. The van der Waals surface area contributed by atoms with E-state index in [2.05, 4.69) is 19.9 Å². The van der Waals surface area contributed by atoms with Crippen LogP contribution in [0.4, 0.5) is 11.4 Å². The fraction of sp³-hybridized carbons (Fsp3) is 0.429. The molecule has 0 aliphatic carbocycles. The molecule has 0 saturated heterocycles. The molecule has 0 amide bonds. The number of para-hydroxylation sites is 1. The Labute approximate surface area is 113 Å². The zero-order valence-electron chi connectivity index (χ0n) is 11.3. The van der Waals surface area contributed by atoms with Crippen LogP contribution < -0.4 is 10.6 Å². The first-order valence-electron chi connectivity index (χ1n) is 6.21. The van der Waals surface area contributed by atoms with Gasteiger partial charge in [-0.25, -0.2) is 4.79 Å². The molecule has 1 aromatic carbocycles. The van der Waals surface area contributed by atoms with E-state index in [0.717, 1.165) is 6.54 Å². The Hall–Kier alpha value is -2.22. The van der Waals surface area contributed by atoms with E-state index in [0.29, 0.717) is 24.6 Å². The quantitative estimate of drug-likeness (QED) is 0.767. The molecule has 0 aromatic heterocycles. The summed E-state index contributed by atoms with van der Waals surface area (Å²) in [5.74, 6) is -0.643. The number of carboxylic acid groups (broad SMARTS) is 1. The normalized spacial score (nSPS) is 10.2. The number of aromatic carboxylic acids is 1. The van der Waals surface area contributed by atoms with Crippen molar-refractivity contribution in [1.29, 1.82) is 5.26 Å². The van der Waals surface area contributed by atoms with E-state index in [9.17, 15) is 4.79 Å². The van der Waals surface area contributed by atoms with Crippen molar-refractivity contribution in [2.75, 3.05) is 23.7 Å². The predicted molar refractivity (Wildman–Crippen MR) is 75.1 cm³/mol. The Morgan fingerprint density at radius 2 is 2.21 bits per heavy atom. The van der Waals surface area contributed by atoms with Gasteiger partial charge in [0, 0.05) is 13.1 Å². The largest absolute Gasteiger partial charge is 0.478 e. The molecule has 1 rings (SSSR count). The average molecular weight is 261 g/mol. The van der Waals surface area contributed by atoms with Crippen molar-refractivity contribution in [2.45, 2.75) is 20.3 Å². The van der Waals surface area contributed by atoms with Gasteiger partial charge in [0.2, 0.25) is 0 Å². The summed E-state index contributed by atoms with van der Waals surface area (Å²) in [6, 6.07) is 7.05. The third-order valence-corrected chi connectivity index (χ3v) is 2.73. The van der Waals surface area contributed by atoms with E-state index in [-0.39, 0.29) is 11.3 Å². The number of anilines is 2. The first-order valence-corrected chi connectivity index (χ1v) is 6.21. The van der Waals surface area contributed by atoms with Gasteiger partial charge < -0.3 is 15.7 Å². The Bertz CT molecular complexity index is 492. The van der Waals surface area contributed by atoms with Gasteiger partial charge >= 0.3 is 5.97 Å². The lowest BCUT2D eigenvalue weighted by Gasteiger charge is -2.27. The van der Waals surface area contributed by atoms with Gasteiger partial charge in [0.15, 0.2) is 0 Å². The maximum absolute atomic E-state index is 11.1. The topological polar surface area (TPSA) is 90.3 Å². The summed E-state index contributed by atoms with van der Waals surface area (Å²) in [5, 5.41) is 17.8. The number of benzene rings is 1. The molecule has 0 aliphatic rings. The number of carboxylic acids is 1. The van der Waals surface area contributed by atoms with Crippen LogP contribution in [0.25, 0.3) is 0 Å². The molecule has 0 atom stereocenters. The number of nitrogen functional groups attached to an aromatic ring is 1. The van der Waals surface area contributed by atoms with Crippen LogP contribution in [-0.2, 0) is 0 Å². The summed E-state index contributed by atoms with van der Waals surface area (Å²) in [6.45, 7) is 5.41. The smallest absolute Gasteiger partial charge is 0.337 e. The lowest BCUT2D eigenvalue weighted by Crippen LogP contribution is -2.29. The van der Waals surface area contributed by atoms with Crippen molar-refractivity contribution >= 4 is 17.3 Å². The molecule has 0 heterocycles. The Morgan fingerprint density at radius 3 is 2.74 bits per heavy atom. The SMILES string of the molecule is CC(C)CN(CCC#N)c1cccc(C(=O)O)c1N. The number of nitrogens with zero attached hydrogens (tertiary/aromatic N) is 2. The van der Waals surface area contributed by atoms with Crippen LogP contribution >= 0.6 is 0 Å². The van der Waals surface area contributed by atoms with E-state index in [1.54, 1.807) is 12.1 Å². The fourth-order valence-electron chi connectivity index (χ4n) is 1.95. The van der Waals surface area contributed by atoms with Crippen molar-refractivity contribution < 1.29 is 9.90 Å². The van der Waals surface area contributed by atoms with E-state index < -0.39 is 5.97 Å². The molecule has 0 aliphatic heterocycles. The van der Waals surface area contributed by atoms with E-state index >= 15 is 0 Å². The van der Waals surface area contributed by atoms with Gasteiger partial charge in [0.1, 0.15) is 0 Å². The highest BCUT2D eigenvalue weighted by Gasteiger charge is 2.16. The van der Waals surface area contributed by atoms with Crippen molar-refractivity contribution in [2.24, 2.45) is 5.92 Å². The molecule has 0 unspecified atom stereocenters. The molecule has 0 fully saturated rings. The standard InChI is InChI=1S/C14H19N3O2/c1-10(2)9-17(8-4-7-15)12-6-3-5-11(13(12)16)14(18)19/h3,5-6,10H,4,8-9,16H2,1-2H3,(H,18,19). The minimum atomic E-state index is -1.04. The number of hydrogen-bond acceptors (Lipinski definition) is 4. The van der Waals surface area contributed by atoms with Crippen molar-refractivity contribution in [3.8, 4) is 6.07 Å². The third-order valence-electron chi connectivity index (χ3n) is 2.73. The van der Waals surface area contributed by atoms with Crippen molar-refractivity contribution in [3.63, 3.8) is 0 Å². The van der Waals surface area contributed by atoms with Crippen LogP contribution in [0, 0.1) is 17.2 Å². The first-order chi connectivity index (χ1) is 8.97. The predicted octanol–water partition coefficient (Wildman–Crippen LogP) is 2.34. The number of rotatable bonds is 6. The van der Waals surface area contributed by atoms with Crippen LogP contribution in [0.5, 0.6) is 0 Å². The average Bonchev–Trinajstić information content (AvgIpc) is 2.34. The van der Waals surface area contributed by atoms with E-state index in [1.807, 2.05) is 4.90 Å². The Kier molecular flexibility index (Phi) is 5.19. The third kappa shape index (κ3) is 3.88. The molecular formula is C14H19N3O2. The van der Waals surface area contributed by atoms with E-state index in [1.165, 1.54) is 6.07 Å². The lowest BCUT2D eigenvalue weighted by atomic mass is 10.1. The van der Waals surface area contributed by atoms with Crippen molar-refractivity contribution in [3.05, 3.63) is 23.8 Å². The molecule has 0 radical (unpaired) electrons. The number of carbonyl (C=O) groups is 1. The van der Waals surface area contributed by atoms with Crippen LogP contribution in [0.15, 0.2) is 18.2 Å². The lowest BCUT2D eigenvalue weighted by molar-refractivity contribution is 0.0698. The van der Waals surface area contributed by atoms with Gasteiger partial charge in [0.25, 0.3) is 0 Å². The summed E-state index contributed by atoms with van der Waals surface area (Å²) in [4.78, 5) is 13.0. The van der Waals surface area contributed by atoms with E-state index in [4.69, 9.17) is 16.1 Å². The number of hydrogen-bond donors (Lipinski definition) is 2.